The van der Waals surface area contributed by atoms with Crippen LogP contribution >= 0.6 is 0 Å². The lowest BCUT2D eigenvalue weighted by atomic mass is 9.94. The number of nitrogens with one attached hydrogen (secondary N) is 3. The van der Waals surface area contributed by atoms with E-state index in [0.717, 1.165) is 0 Å². The Hall–Kier alpha value is -2.23. The summed E-state index contributed by atoms with van der Waals surface area (Å²) in [7, 11) is 2.94. The van der Waals surface area contributed by atoms with E-state index in [-0.39, 0.29) is 12.6 Å². The van der Waals surface area contributed by atoms with E-state index < -0.39 is 117 Å². The number of hydrogen-bond donors (Lipinski definition) is 9. The molecule has 246 valence electrons. The highest BCUT2D eigenvalue weighted by Crippen LogP contribution is 2.39. The van der Waals surface area contributed by atoms with Gasteiger partial charge in [0.05, 0.1) is 31.8 Å². The Morgan fingerprint density at radius 3 is 1.95 bits per heavy atom. The number of rotatable bonds is 10. The van der Waals surface area contributed by atoms with Crippen LogP contribution in [0.4, 0.5) is 0 Å². The summed E-state index contributed by atoms with van der Waals surface area (Å²) >= 11 is 0. The van der Waals surface area contributed by atoms with E-state index in [4.69, 9.17) is 28.4 Å². The molecule has 4 rings (SSSR count). The normalized spacial score (nSPS) is 44.2. The first-order chi connectivity index (χ1) is 20.4. The van der Waals surface area contributed by atoms with E-state index in [9.17, 15) is 40.2 Å². The molecule has 9 N–H and O–H groups in total. The van der Waals surface area contributed by atoms with Crippen molar-refractivity contribution in [3.63, 3.8) is 0 Å². The number of carbonyl (C=O) groups excluding carboxylic acids is 2. The fourth-order valence-electron chi connectivity index (χ4n) is 5.98. The second-order valence-electron chi connectivity index (χ2n) is 10.9. The van der Waals surface area contributed by atoms with E-state index in [0.29, 0.717) is 0 Å². The highest BCUT2D eigenvalue weighted by atomic mass is 16.7. The number of hydrogen-bond acceptors (Lipinski definition) is 16. The van der Waals surface area contributed by atoms with Crippen LogP contribution in [0.25, 0.3) is 0 Å². The Bertz CT molecular complexity index is 1010. The molecule has 0 aromatic heterocycles. The molecule has 0 aromatic carbocycles. The standard InChI is InChI=1S/C25H42N4O14/c1-8(32)27-14-17(35)16(34)12(7-38-4)40-23(14)42-22-11(6-31)39-24(15(19(22)37)28-9(2)33)41-21-10(5-30)20-13(18(21)36)29-25(26-3)43-20/h10-24,30-31,34-37H,5-7H2,1-4H3,(H,26,29)(H,27,32)(H,28,33)/t10-,11+,12+,13+,14+,15+,16+,17-,18+,19+,20-,21+,22+,23-,24-/m0/s1. The third kappa shape index (κ3) is 6.89. The van der Waals surface area contributed by atoms with Gasteiger partial charge in [-0.2, -0.15) is 0 Å². The summed E-state index contributed by atoms with van der Waals surface area (Å²) in [4.78, 5) is 28.3. The molecule has 18 nitrogen and oxygen atoms in total. The largest absolute Gasteiger partial charge is 0.459 e. The number of methoxy groups -OCH3 is 1. The molecule has 43 heavy (non-hydrogen) atoms. The topological polar surface area (TPSA) is 259 Å². The lowest BCUT2D eigenvalue weighted by molar-refractivity contribution is -0.339. The lowest BCUT2D eigenvalue weighted by Gasteiger charge is -2.48. The molecule has 4 aliphatic rings. The molecule has 18 heteroatoms. The fraction of sp³-hybridized carbons (Fsp3) is 0.880. The molecule has 2 amide bonds. The molecule has 1 aliphatic carbocycles. The molecule has 0 radical (unpaired) electrons. The Kier molecular flexibility index (Phi) is 11.2. The Balaban J connectivity index is 1.57. The zero-order chi connectivity index (χ0) is 31.6. The van der Waals surface area contributed by atoms with Crippen molar-refractivity contribution >= 4 is 17.8 Å². The number of carbonyl (C=O) groups is 2. The minimum atomic E-state index is -1.64. The maximum atomic E-state index is 12.2. The molecule has 15 atom stereocenters. The van der Waals surface area contributed by atoms with Crippen molar-refractivity contribution in [2.75, 3.05) is 34.0 Å². The van der Waals surface area contributed by atoms with Gasteiger partial charge in [0, 0.05) is 28.0 Å². The summed E-state index contributed by atoms with van der Waals surface area (Å²) in [6.45, 7) is 1.05. The van der Waals surface area contributed by atoms with Crippen molar-refractivity contribution < 1.29 is 68.6 Å². The van der Waals surface area contributed by atoms with Gasteiger partial charge in [-0.25, -0.2) is 4.99 Å². The molecule has 3 aliphatic heterocycles. The van der Waals surface area contributed by atoms with Crippen LogP contribution in [-0.4, -0.2) is 168 Å². The molecule has 0 unspecified atom stereocenters. The summed E-state index contributed by atoms with van der Waals surface area (Å²) in [5, 5.41) is 71.8. The zero-order valence-corrected chi connectivity index (χ0v) is 24.2. The van der Waals surface area contributed by atoms with Crippen LogP contribution in [0.1, 0.15) is 13.8 Å². The average Bonchev–Trinajstić information content (AvgIpc) is 3.49. The van der Waals surface area contributed by atoms with Gasteiger partial charge in [-0.15, -0.1) is 0 Å². The van der Waals surface area contributed by atoms with Crippen LogP contribution in [0.2, 0.25) is 0 Å². The minimum absolute atomic E-state index is 0.149. The summed E-state index contributed by atoms with van der Waals surface area (Å²) < 4.78 is 34.5. The molecule has 3 heterocycles. The molecule has 3 fully saturated rings. The van der Waals surface area contributed by atoms with Gasteiger partial charge < -0.3 is 75.0 Å². The van der Waals surface area contributed by atoms with Crippen molar-refractivity contribution in [3.05, 3.63) is 0 Å². The number of aliphatic hydroxyl groups is 6. The van der Waals surface area contributed by atoms with Gasteiger partial charge in [-0.3, -0.25) is 9.59 Å². The molecular formula is C25H42N4O14. The van der Waals surface area contributed by atoms with Crippen LogP contribution in [-0.2, 0) is 38.0 Å². The van der Waals surface area contributed by atoms with Gasteiger partial charge in [-0.1, -0.05) is 0 Å². The minimum Gasteiger partial charge on any atom is -0.459 e. The maximum absolute atomic E-state index is 12.2. The smallest absolute Gasteiger partial charge is 0.285 e. The number of amidine groups is 1. The SMILES string of the molecule is CNC1=N[C@@H]2[C@@H](O)[C@H](O[C@@H]3O[C@H](CO)[C@@H](O[C@@H]4O[C@H](COC)[C@@H](O)[C@@H](O)[C@H]4NC(C)=O)[C@H](O)[C@H]3NC(C)=O)[C@@H](CO)[C@@H]2O1. The first-order valence-corrected chi connectivity index (χ1v) is 14.0. The van der Waals surface area contributed by atoms with Crippen LogP contribution < -0.4 is 16.0 Å². The number of aliphatic hydroxyl groups excluding tert-OH is 6. The van der Waals surface area contributed by atoms with Gasteiger partial charge in [0.15, 0.2) is 12.6 Å². The molecule has 0 aromatic rings. The molecule has 1 saturated carbocycles. The first kappa shape index (κ1) is 33.7. The predicted molar refractivity (Wildman–Crippen MR) is 141 cm³/mol. The number of aliphatic imine (C=N–C) groups is 1. The van der Waals surface area contributed by atoms with Crippen LogP contribution in [0, 0.1) is 5.92 Å². The summed E-state index contributed by atoms with van der Waals surface area (Å²) in [6, 6.07) is -3.21. The van der Waals surface area contributed by atoms with Gasteiger partial charge in [0.25, 0.3) is 6.02 Å². The second kappa shape index (κ2) is 14.2. The van der Waals surface area contributed by atoms with Gasteiger partial charge >= 0.3 is 0 Å². The molecule has 0 bridgehead atoms. The van der Waals surface area contributed by atoms with Gasteiger partial charge in [-0.05, 0) is 0 Å². The van der Waals surface area contributed by atoms with E-state index in [1.54, 1.807) is 7.05 Å². The average molecular weight is 623 g/mol. The Morgan fingerprint density at radius 1 is 0.837 bits per heavy atom. The van der Waals surface area contributed by atoms with Crippen LogP contribution in [0.3, 0.4) is 0 Å². The zero-order valence-electron chi connectivity index (χ0n) is 24.2. The van der Waals surface area contributed by atoms with Crippen LogP contribution in [0.5, 0.6) is 0 Å². The fourth-order valence-corrected chi connectivity index (χ4v) is 5.98. The van der Waals surface area contributed by atoms with Gasteiger partial charge in [0.2, 0.25) is 11.8 Å². The lowest BCUT2D eigenvalue weighted by Crippen LogP contribution is -2.69. The third-order valence-corrected chi connectivity index (χ3v) is 8.01. The summed E-state index contributed by atoms with van der Waals surface area (Å²) in [5.74, 6) is -1.93. The number of fused-ring (bicyclic) bond motifs is 1. The highest BCUT2D eigenvalue weighted by molar-refractivity contribution is 5.75. The molecule has 2 saturated heterocycles. The Labute approximate surface area is 247 Å². The maximum Gasteiger partial charge on any atom is 0.285 e. The van der Waals surface area contributed by atoms with E-state index in [1.807, 2.05) is 0 Å². The quantitative estimate of drug-likeness (QED) is 0.110. The van der Waals surface area contributed by atoms with Crippen molar-refractivity contribution in [1.82, 2.24) is 16.0 Å². The highest BCUT2D eigenvalue weighted by Gasteiger charge is 2.58. The van der Waals surface area contributed by atoms with Crippen molar-refractivity contribution in [2.24, 2.45) is 10.9 Å². The van der Waals surface area contributed by atoms with E-state index >= 15 is 0 Å². The number of amides is 2. The first-order valence-electron chi connectivity index (χ1n) is 14.0. The summed E-state index contributed by atoms with van der Waals surface area (Å²) in [6.07, 6.45) is -14.5. The number of nitrogens with zero attached hydrogens (tertiary/aromatic N) is 1. The van der Waals surface area contributed by atoms with Crippen molar-refractivity contribution in [2.45, 2.75) is 99.5 Å². The van der Waals surface area contributed by atoms with Crippen molar-refractivity contribution in [3.8, 4) is 0 Å². The Morgan fingerprint density at radius 2 is 1.42 bits per heavy atom. The van der Waals surface area contributed by atoms with Gasteiger partial charge in [0.1, 0.15) is 67.0 Å². The molecular weight excluding hydrogens is 580 g/mol. The monoisotopic (exact) mass is 622 g/mol. The molecule has 0 spiro atoms. The van der Waals surface area contributed by atoms with Crippen LogP contribution in [0.15, 0.2) is 4.99 Å². The predicted octanol–water partition coefficient (Wildman–Crippen LogP) is -5.74. The summed E-state index contributed by atoms with van der Waals surface area (Å²) in [5.41, 5.74) is 0. The van der Waals surface area contributed by atoms with E-state index in [1.165, 1.54) is 21.0 Å². The van der Waals surface area contributed by atoms with E-state index in [2.05, 4.69) is 20.9 Å². The third-order valence-electron chi connectivity index (χ3n) is 8.01. The second-order valence-corrected chi connectivity index (χ2v) is 10.9. The van der Waals surface area contributed by atoms with Crippen molar-refractivity contribution in [1.29, 1.82) is 0 Å². The number of ether oxygens (including phenoxy) is 6.